The summed E-state index contributed by atoms with van der Waals surface area (Å²) in [4.78, 5) is 26.3. The van der Waals surface area contributed by atoms with Gasteiger partial charge in [-0.15, -0.1) is 0 Å². The largest absolute Gasteiger partial charge is 0.350 e. The van der Waals surface area contributed by atoms with Crippen molar-refractivity contribution >= 4 is 21.7 Å². The van der Waals surface area contributed by atoms with Crippen LogP contribution in [-0.4, -0.2) is 67.9 Å². The van der Waals surface area contributed by atoms with Crippen molar-refractivity contribution < 1.29 is 18.0 Å². The number of carbonyl (C=O) groups is 2. The number of likely N-dealkylation sites (tertiary alicyclic amines) is 1. The molecule has 0 saturated carbocycles. The number of nitrogens with one attached hydrogen (secondary N) is 2. The van der Waals surface area contributed by atoms with Gasteiger partial charge in [0.15, 0.2) is 14.6 Å². The second kappa shape index (κ2) is 6.16. The molecule has 2 heterocycles. The minimum atomic E-state index is -3.52. The van der Waals surface area contributed by atoms with E-state index in [1.807, 2.05) is 13.8 Å². The third-order valence-electron chi connectivity index (χ3n) is 4.65. The number of sulfone groups is 1. The highest BCUT2D eigenvalue weighted by molar-refractivity contribution is 7.92. The molecule has 2 amide bonds. The van der Waals surface area contributed by atoms with Gasteiger partial charge in [0.05, 0.1) is 6.04 Å². The van der Waals surface area contributed by atoms with Crippen molar-refractivity contribution in [1.29, 1.82) is 0 Å². The average Bonchev–Trinajstić information content (AvgIpc) is 2.79. The molecule has 126 valence electrons. The van der Waals surface area contributed by atoms with Crippen LogP contribution in [0.25, 0.3) is 0 Å². The third kappa shape index (κ3) is 3.12. The summed E-state index contributed by atoms with van der Waals surface area (Å²) in [5.74, 6) is -0.459. The van der Waals surface area contributed by atoms with Crippen LogP contribution in [0.15, 0.2) is 0 Å². The number of rotatable bonds is 4. The van der Waals surface area contributed by atoms with E-state index in [2.05, 4.69) is 10.6 Å². The van der Waals surface area contributed by atoms with Crippen LogP contribution in [0.5, 0.6) is 0 Å². The summed E-state index contributed by atoms with van der Waals surface area (Å²) in [6, 6.07) is -0.229. The van der Waals surface area contributed by atoms with Gasteiger partial charge in [-0.1, -0.05) is 0 Å². The maximum Gasteiger partial charge on any atom is 0.241 e. The molecule has 2 N–H and O–H groups in total. The minimum Gasteiger partial charge on any atom is -0.350 e. The number of piperidine rings is 1. The quantitative estimate of drug-likeness (QED) is 0.709. The van der Waals surface area contributed by atoms with Crippen LogP contribution < -0.4 is 10.6 Å². The highest BCUT2D eigenvalue weighted by Crippen LogP contribution is 2.28. The van der Waals surface area contributed by atoms with E-state index in [1.54, 1.807) is 4.90 Å². The summed E-state index contributed by atoms with van der Waals surface area (Å²) >= 11 is 0. The molecular formula is C14H25N3O4S. The van der Waals surface area contributed by atoms with Crippen LogP contribution in [-0.2, 0) is 19.4 Å². The molecule has 0 aromatic heterocycles. The van der Waals surface area contributed by atoms with Crippen molar-refractivity contribution in [2.24, 2.45) is 0 Å². The molecule has 8 heteroatoms. The van der Waals surface area contributed by atoms with Gasteiger partial charge in [0.25, 0.3) is 0 Å². The van der Waals surface area contributed by atoms with Crippen molar-refractivity contribution in [2.45, 2.75) is 49.9 Å². The topological polar surface area (TPSA) is 95.6 Å². The third-order valence-corrected chi connectivity index (χ3v) is 6.67. The second-order valence-electron chi connectivity index (χ2n) is 6.53. The Morgan fingerprint density at radius 2 is 1.95 bits per heavy atom. The Labute approximate surface area is 131 Å². The zero-order valence-electron chi connectivity index (χ0n) is 13.4. The Balaban J connectivity index is 2.12. The van der Waals surface area contributed by atoms with Crippen LogP contribution in [0.3, 0.4) is 0 Å². The molecular weight excluding hydrogens is 306 g/mol. The summed E-state index contributed by atoms with van der Waals surface area (Å²) < 4.78 is 23.0. The smallest absolute Gasteiger partial charge is 0.241 e. The van der Waals surface area contributed by atoms with E-state index >= 15 is 0 Å². The van der Waals surface area contributed by atoms with Gasteiger partial charge in [-0.25, -0.2) is 8.42 Å². The summed E-state index contributed by atoms with van der Waals surface area (Å²) in [6.07, 6.45) is 1.90. The molecule has 2 rings (SSSR count). The molecule has 2 aliphatic heterocycles. The number of hydrogen-bond acceptors (Lipinski definition) is 5. The SMILES string of the molecule is CC(C)N1CC(NC(=O)C2(S(C)(=O)=O)CCNCC2)CC1=O. The first-order valence-electron chi connectivity index (χ1n) is 7.68. The van der Waals surface area contributed by atoms with Crippen LogP contribution in [0.4, 0.5) is 0 Å². The van der Waals surface area contributed by atoms with Gasteiger partial charge in [-0.05, 0) is 39.8 Å². The second-order valence-corrected chi connectivity index (χ2v) is 8.86. The van der Waals surface area contributed by atoms with E-state index in [-0.39, 0.29) is 37.3 Å². The molecule has 1 unspecified atom stereocenters. The van der Waals surface area contributed by atoms with E-state index in [0.717, 1.165) is 6.26 Å². The molecule has 0 bridgehead atoms. The summed E-state index contributed by atoms with van der Waals surface area (Å²) in [5, 5.41) is 5.89. The van der Waals surface area contributed by atoms with Crippen LogP contribution in [0.2, 0.25) is 0 Å². The zero-order chi connectivity index (χ0) is 16.5. The lowest BCUT2D eigenvalue weighted by molar-refractivity contribution is -0.129. The van der Waals surface area contributed by atoms with E-state index in [4.69, 9.17) is 0 Å². The monoisotopic (exact) mass is 331 g/mol. The van der Waals surface area contributed by atoms with Gasteiger partial charge in [0.1, 0.15) is 0 Å². The predicted octanol–water partition coefficient (Wildman–Crippen LogP) is -0.721. The standard InChI is InChI=1S/C14H25N3O4S/c1-10(2)17-9-11(8-12(17)18)16-13(19)14(22(3,20)21)4-6-15-7-5-14/h10-11,15H,4-9H2,1-3H3,(H,16,19). The van der Waals surface area contributed by atoms with E-state index in [0.29, 0.717) is 19.6 Å². The Morgan fingerprint density at radius 3 is 2.41 bits per heavy atom. The van der Waals surface area contributed by atoms with Crippen molar-refractivity contribution in [3.8, 4) is 0 Å². The maximum atomic E-state index is 12.7. The first-order valence-corrected chi connectivity index (χ1v) is 9.57. The van der Waals surface area contributed by atoms with Gasteiger partial charge in [-0.3, -0.25) is 9.59 Å². The van der Waals surface area contributed by atoms with Crippen LogP contribution in [0.1, 0.15) is 33.1 Å². The molecule has 1 atom stereocenters. The molecule has 0 aromatic rings. The Morgan fingerprint density at radius 1 is 1.36 bits per heavy atom. The minimum absolute atomic E-state index is 0.000911. The molecule has 0 aliphatic carbocycles. The fourth-order valence-corrected chi connectivity index (χ4v) is 4.58. The number of hydrogen-bond donors (Lipinski definition) is 2. The van der Waals surface area contributed by atoms with Crippen molar-refractivity contribution in [3.05, 3.63) is 0 Å². The molecule has 2 saturated heterocycles. The van der Waals surface area contributed by atoms with Gasteiger partial charge in [-0.2, -0.15) is 0 Å². The Bertz CT molecular complexity index is 552. The summed E-state index contributed by atoms with van der Waals surface area (Å²) in [6.45, 7) is 5.30. The fraction of sp³-hybridized carbons (Fsp3) is 0.857. The summed E-state index contributed by atoms with van der Waals surface area (Å²) in [5.41, 5.74) is 0. The lowest BCUT2D eigenvalue weighted by atomic mass is 9.95. The molecule has 0 radical (unpaired) electrons. The molecule has 0 spiro atoms. The Hall–Kier alpha value is -1.15. The van der Waals surface area contributed by atoms with Gasteiger partial charge in [0, 0.05) is 25.3 Å². The first kappa shape index (κ1) is 17.2. The first-order chi connectivity index (χ1) is 10.2. The van der Waals surface area contributed by atoms with Crippen LogP contribution >= 0.6 is 0 Å². The highest BCUT2D eigenvalue weighted by atomic mass is 32.2. The normalized spacial score (nSPS) is 25.5. The van der Waals surface area contributed by atoms with Crippen molar-refractivity contribution in [2.75, 3.05) is 25.9 Å². The number of nitrogens with zero attached hydrogens (tertiary/aromatic N) is 1. The lowest BCUT2D eigenvalue weighted by Gasteiger charge is -2.35. The average molecular weight is 331 g/mol. The predicted molar refractivity (Wildman–Crippen MR) is 83.1 cm³/mol. The fourth-order valence-electron chi connectivity index (χ4n) is 3.24. The van der Waals surface area contributed by atoms with Crippen molar-refractivity contribution in [3.63, 3.8) is 0 Å². The molecule has 7 nitrogen and oxygen atoms in total. The number of carbonyl (C=O) groups excluding carboxylic acids is 2. The molecule has 22 heavy (non-hydrogen) atoms. The van der Waals surface area contributed by atoms with E-state index in [9.17, 15) is 18.0 Å². The highest BCUT2D eigenvalue weighted by Gasteiger charge is 2.49. The van der Waals surface area contributed by atoms with Gasteiger partial charge in [0.2, 0.25) is 11.8 Å². The lowest BCUT2D eigenvalue weighted by Crippen LogP contribution is -2.59. The van der Waals surface area contributed by atoms with E-state index < -0.39 is 20.5 Å². The van der Waals surface area contributed by atoms with Gasteiger partial charge < -0.3 is 15.5 Å². The molecule has 0 aromatic carbocycles. The van der Waals surface area contributed by atoms with E-state index in [1.165, 1.54) is 0 Å². The molecule has 2 aliphatic rings. The Kier molecular flexibility index (Phi) is 4.81. The number of amides is 2. The molecule has 2 fully saturated rings. The maximum absolute atomic E-state index is 12.7. The summed E-state index contributed by atoms with van der Waals surface area (Å²) in [7, 11) is -3.52. The van der Waals surface area contributed by atoms with Crippen LogP contribution in [0, 0.1) is 0 Å². The zero-order valence-corrected chi connectivity index (χ0v) is 14.2. The van der Waals surface area contributed by atoms with Gasteiger partial charge >= 0.3 is 0 Å². The van der Waals surface area contributed by atoms with Crippen molar-refractivity contribution in [1.82, 2.24) is 15.5 Å².